The molecule has 2 aromatic rings. The van der Waals surface area contributed by atoms with Gasteiger partial charge in [0, 0.05) is 30.9 Å². The molecule has 1 fully saturated rings. The van der Waals surface area contributed by atoms with Crippen LogP contribution in [0.2, 0.25) is 0 Å². The molecule has 3 heterocycles. The lowest BCUT2D eigenvalue weighted by Crippen LogP contribution is -2.31. The molecule has 90 valence electrons. The molecule has 1 amide bonds. The number of nitrogens with one attached hydrogen (secondary N) is 1. The van der Waals surface area contributed by atoms with Crippen molar-refractivity contribution in [2.24, 2.45) is 0 Å². The number of carbonyl (C=O) groups excluding carboxylic acids is 1. The lowest BCUT2D eigenvalue weighted by atomic mass is 10.2. The number of fused-ring (bicyclic) bond motifs is 1. The molecule has 1 atom stereocenters. The molecule has 1 aliphatic rings. The Hall–Kier alpha value is -1.40. The summed E-state index contributed by atoms with van der Waals surface area (Å²) in [6.45, 7) is 1.38. The van der Waals surface area contributed by atoms with E-state index in [0.717, 1.165) is 24.4 Å². The van der Waals surface area contributed by atoms with Gasteiger partial charge in [0.15, 0.2) is 4.96 Å². The molecule has 17 heavy (non-hydrogen) atoms. The molecule has 5 nitrogen and oxygen atoms in total. The molecule has 0 bridgehead atoms. The molecule has 1 saturated heterocycles. The first-order valence-corrected chi connectivity index (χ1v) is 6.53. The summed E-state index contributed by atoms with van der Waals surface area (Å²) in [6.07, 6.45) is 5.92. The van der Waals surface area contributed by atoms with Gasteiger partial charge in [-0.3, -0.25) is 9.20 Å². The standard InChI is InChI=1S/C11H13N3O2S/c15-10(12-6-8-2-1-4-16-8)9-7-14-3-5-17-11(14)13-9/h3,5,7-8H,1-2,4,6H2,(H,12,15). The molecule has 6 heteroatoms. The first-order valence-electron chi connectivity index (χ1n) is 5.65. The molecule has 1 unspecified atom stereocenters. The van der Waals surface area contributed by atoms with Gasteiger partial charge in [-0.25, -0.2) is 4.98 Å². The lowest BCUT2D eigenvalue weighted by molar-refractivity contribution is 0.0854. The summed E-state index contributed by atoms with van der Waals surface area (Å²) in [5, 5.41) is 4.80. The van der Waals surface area contributed by atoms with Crippen molar-refractivity contribution in [1.82, 2.24) is 14.7 Å². The summed E-state index contributed by atoms with van der Waals surface area (Å²) in [4.78, 5) is 16.9. The van der Waals surface area contributed by atoms with Crippen LogP contribution >= 0.6 is 11.3 Å². The zero-order valence-corrected chi connectivity index (χ0v) is 10.1. The Bertz CT molecular complexity index is 499. The predicted octanol–water partition coefficient (Wildman–Crippen LogP) is 1.30. The average Bonchev–Trinajstić information content (AvgIpc) is 3.01. The third kappa shape index (κ3) is 2.18. The van der Waals surface area contributed by atoms with E-state index in [1.807, 2.05) is 16.0 Å². The van der Waals surface area contributed by atoms with E-state index in [4.69, 9.17) is 4.74 Å². The molecular weight excluding hydrogens is 238 g/mol. The topological polar surface area (TPSA) is 55.6 Å². The molecule has 0 aliphatic carbocycles. The van der Waals surface area contributed by atoms with E-state index >= 15 is 0 Å². The second-order valence-electron chi connectivity index (χ2n) is 4.06. The molecule has 1 aliphatic heterocycles. The van der Waals surface area contributed by atoms with Crippen molar-refractivity contribution in [2.75, 3.05) is 13.2 Å². The van der Waals surface area contributed by atoms with Gasteiger partial charge in [-0.2, -0.15) is 0 Å². The highest BCUT2D eigenvalue weighted by atomic mass is 32.1. The van der Waals surface area contributed by atoms with Crippen molar-refractivity contribution >= 4 is 22.2 Å². The van der Waals surface area contributed by atoms with Crippen LogP contribution in [-0.2, 0) is 4.74 Å². The van der Waals surface area contributed by atoms with Crippen LogP contribution < -0.4 is 5.32 Å². The first-order chi connectivity index (χ1) is 8.33. The summed E-state index contributed by atoms with van der Waals surface area (Å²) in [5.74, 6) is -0.128. The number of hydrogen-bond acceptors (Lipinski definition) is 4. The highest BCUT2D eigenvalue weighted by molar-refractivity contribution is 7.15. The quantitative estimate of drug-likeness (QED) is 0.894. The maximum atomic E-state index is 11.8. The van der Waals surface area contributed by atoms with Crippen LogP contribution in [0.4, 0.5) is 0 Å². The Morgan fingerprint density at radius 1 is 1.71 bits per heavy atom. The predicted molar refractivity (Wildman–Crippen MR) is 64.4 cm³/mol. The fraction of sp³-hybridized carbons (Fsp3) is 0.455. The van der Waals surface area contributed by atoms with Crippen LogP contribution in [-0.4, -0.2) is 34.5 Å². The van der Waals surface area contributed by atoms with Gasteiger partial charge in [-0.05, 0) is 12.8 Å². The van der Waals surface area contributed by atoms with Crippen LogP contribution in [0.3, 0.4) is 0 Å². The Morgan fingerprint density at radius 2 is 2.65 bits per heavy atom. The number of ether oxygens (including phenoxy) is 1. The van der Waals surface area contributed by atoms with Crippen LogP contribution in [0.1, 0.15) is 23.3 Å². The summed E-state index contributed by atoms with van der Waals surface area (Å²) in [5.41, 5.74) is 0.467. The highest BCUT2D eigenvalue weighted by Crippen LogP contribution is 2.12. The van der Waals surface area contributed by atoms with Crippen LogP contribution in [0.15, 0.2) is 17.8 Å². The van der Waals surface area contributed by atoms with Crippen molar-refractivity contribution in [1.29, 1.82) is 0 Å². The van der Waals surface area contributed by atoms with E-state index in [0.29, 0.717) is 12.2 Å². The van der Waals surface area contributed by atoms with E-state index in [-0.39, 0.29) is 12.0 Å². The Balaban J connectivity index is 1.63. The minimum absolute atomic E-state index is 0.128. The van der Waals surface area contributed by atoms with Crippen molar-refractivity contribution in [3.8, 4) is 0 Å². The second kappa shape index (κ2) is 4.46. The second-order valence-corrected chi connectivity index (χ2v) is 4.94. The largest absolute Gasteiger partial charge is 0.376 e. The normalized spacial score (nSPS) is 19.9. The van der Waals surface area contributed by atoms with Crippen LogP contribution in [0, 0.1) is 0 Å². The van der Waals surface area contributed by atoms with Crippen LogP contribution in [0.25, 0.3) is 4.96 Å². The maximum absolute atomic E-state index is 11.8. The third-order valence-electron chi connectivity index (χ3n) is 2.84. The molecule has 0 spiro atoms. The molecule has 0 radical (unpaired) electrons. The number of thiazole rings is 1. The molecular formula is C11H13N3O2S. The molecule has 3 rings (SSSR count). The number of amides is 1. The van der Waals surface area contributed by atoms with Crippen molar-refractivity contribution < 1.29 is 9.53 Å². The van der Waals surface area contributed by atoms with Gasteiger partial charge in [0.25, 0.3) is 5.91 Å². The van der Waals surface area contributed by atoms with Gasteiger partial charge >= 0.3 is 0 Å². The maximum Gasteiger partial charge on any atom is 0.271 e. The SMILES string of the molecule is O=C(NCC1CCCO1)c1cn2ccsc2n1. The number of carbonyl (C=O) groups is 1. The Morgan fingerprint density at radius 3 is 3.41 bits per heavy atom. The van der Waals surface area contributed by atoms with Crippen molar-refractivity contribution in [3.05, 3.63) is 23.5 Å². The fourth-order valence-corrected chi connectivity index (χ4v) is 2.64. The molecule has 2 aromatic heterocycles. The van der Waals surface area contributed by atoms with E-state index in [9.17, 15) is 4.79 Å². The molecule has 0 saturated carbocycles. The minimum atomic E-state index is -0.128. The number of nitrogens with zero attached hydrogens (tertiary/aromatic N) is 2. The minimum Gasteiger partial charge on any atom is -0.376 e. The van der Waals surface area contributed by atoms with E-state index < -0.39 is 0 Å². The summed E-state index contributed by atoms with van der Waals surface area (Å²) < 4.78 is 7.30. The number of hydrogen-bond donors (Lipinski definition) is 1. The number of rotatable bonds is 3. The zero-order chi connectivity index (χ0) is 11.7. The van der Waals surface area contributed by atoms with E-state index in [2.05, 4.69) is 10.3 Å². The van der Waals surface area contributed by atoms with E-state index in [1.165, 1.54) is 11.3 Å². The molecule has 1 N–H and O–H groups in total. The van der Waals surface area contributed by atoms with Gasteiger partial charge in [0.05, 0.1) is 6.10 Å². The molecule has 0 aromatic carbocycles. The Kier molecular flexibility index (Phi) is 2.82. The number of aromatic nitrogens is 2. The third-order valence-corrected chi connectivity index (χ3v) is 3.61. The van der Waals surface area contributed by atoms with Gasteiger partial charge in [0.2, 0.25) is 0 Å². The summed E-state index contributed by atoms with van der Waals surface area (Å²) in [6, 6.07) is 0. The average molecular weight is 251 g/mol. The van der Waals surface area contributed by atoms with Crippen molar-refractivity contribution in [3.63, 3.8) is 0 Å². The van der Waals surface area contributed by atoms with Gasteiger partial charge in [-0.15, -0.1) is 11.3 Å². The van der Waals surface area contributed by atoms with Gasteiger partial charge in [-0.1, -0.05) is 0 Å². The smallest absolute Gasteiger partial charge is 0.271 e. The zero-order valence-electron chi connectivity index (χ0n) is 9.26. The van der Waals surface area contributed by atoms with Crippen LogP contribution in [0.5, 0.6) is 0 Å². The van der Waals surface area contributed by atoms with Crippen molar-refractivity contribution in [2.45, 2.75) is 18.9 Å². The number of imidazole rings is 1. The van der Waals surface area contributed by atoms with Gasteiger partial charge < -0.3 is 10.1 Å². The fourth-order valence-electron chi connectivity index (χ4n) is 1.94. The monoisotopic (exact) mass is 251 g/mol. The lowest BCUT2D eigenvalue weighted by Gasteiger charge is -2.09. The van der Waals surface area contributed by atoms with Gasteiger partial charge in [0.1, 0.15) is 5.69 Å². The summed E-state index contributed by atoms with van der Waals surface area (Å²) in [7, 11) is 0. The first kappa shape index (κ1) is 10.7. The highest BCUT2D eigenvalue weighted by Gasteiger charge is 2.17. The van der Waals surface area contributed by atoms with E-state index in [1.54, 1.807) is 6.20 Å². The Labute approximate surface area is 102 Å². The summed E-state index contributed by atoms with van der Waals surface area (Å²) >= 11 is 1.52.